The van der Waals surface area contributed by atoms with Crippen LogP contribution in [0.25, 0.3) is 5.70 Å². The monoisotopic (exact) mass is 541 g/mol. The summed E-state index contributed by atoms with van der Waals surface area (Å²) in [5, 5.41) is 4.11. The van der Waals surface area contributed by atoms with Gasteiger partial charge >= 0.3 is 0 Å². The first-order valence-corrected chi connectivity index (χ1v) is 10.4. The maximum Gasteiger partial charge on any atom is 0.173 e. The molecule has 0 fully saturated rings. The minimum absolute atomic E-state index is 0.222. The number of hydrogen-bond acceptors (Lipinski definition) is 4. The van der Waals surface area contributed by atoms with Crippen LogP contribution in [-0.4, -0.2) is 32.1 Å². The van der Waals surface area contributed by atoms with Gasteiger partial charge in [-0.3, -0.25) is 15.0 Å². The fraction of sp³-hybridized carbons (Fsp3) is 0.167. The van der Waals surface area contributed by atoms with Gasteiger partial charge in [-0.05, 0) is 33.6 Å². The fourth-order valence-corrected chi connectivity index (χ4v) is 4.90. The second-order valence-electron chi connectivity index (χ2n) is 5.77. The van der Waals surface area contributed by atoms with Crippen molar-refractivity contribution < 1.29 is 0 Å². The second kappa shape index (κ2) is 7.66. The zero-order valence-electron chi connectivity index (χ0n) is 13.5. The van der Waals surface area contributed by atoms with E-state index < -0.39 is 0 Å². The molecule has 26 heavy (non-hydrogen) atoms. The highest BCUT2D eigenvalue weighted by Gasteiger charge is 2.37. The van der Waals surface area contributed by atoms with Crippen molar-refractivity contribution in [3.8, 4) is 0 Å². The van der Waals surface area contributed by atoms with E-state index in [0.717, 1.165) is 33.1 Å². The minimum Gasteiger partial charge on any atom is -0.335 e. The number of alkyl halides is 1. The quantitative estimate of drug-likeness (QED) is 0.355. The number of benzene rings is 1. The molecule has 2 aliphatic rings. The number of nitrogens with zero attached hydrogens (tertiary/aromatic N) is 4. The van der Waals surface area contributed by atoms with Gasteiger partial charge in [-0.25, -0.2) is 0 Å². The molecule has 1 atom stereocenters. The Balaban J connectivity index is 1.74. The molecule has 0 amide bonds. The first-order chi connectivity index (χ1) is 12.6. The summed E-state index contributed by atoms with van der Waals surface area (Å²) in [6.07, 6.45) is 3.58. The zero-order valence-corrected chi connectivity index (χ0v) is 18.0. The van der Waals surface area contributed by atoms with Gasteiger partial charge in [-0.2, -0.15) is 0 Å². The van der Waals surface area contributed by atoms with Gasteiger partial charge in [0.25, 0.3) is 0 Å². The third-order valence-corrected chi connectivity index (χ3v) is 6.12. The van der Waals surface area contributed by atoms with Crippen LogP contribution in [0.1, 0.15) is 11.1 Å². The molecule has 8 heteroatoms. The van der Waals surface area contributed by atoms with Crippen LogP contribution in [0.15, 0.2) is 63.4 Å². The first kappa shape index (κ1) is 17.9. The molecular formula is C18H14BrClIN5. The number of hydrogen-bond donors (Lipinski definition) is 1. The van der Waals surface area contributed by atoms with E-state index in [2.05, 4.69) is 58.7 Å². The lowest BCUT2D eigenvalue weighted by molar-refractivity contribution is 0.578. The molecule has 1 aromatic carbocycles. The Labute approximate surface area is 178 Å². The molecule has 0 spiro atoms. The van der Waals surface area contributed by atoms with Gasteiger partial charge < -0.3 is 10.2 Å². The predicted octanol–water partition coefficient (Wildman–Crippen LogP) is 4.43. The summed E-state index contributed by atoms with van der Waals surface area (Å²) in [7, 11) is 0. The molecule has 4 rings (SSSR count). The van der Waals surface area contributed by atoms with Crippen LogP contribution in [0, 0.1) is 0 Å². The molecule has 1 N–H and O–H groups in total. The first-order valence-electron chi connectivity index (χ1n) is 7.98. The molecule has 5 nitrogen and oxygen atoms in total. The molecular weight excluding hydrogens is 528 g/mol. The van der Waals surface area contributed by atoms with Crippen molar-refractivity contribution in [2.45, 2.75) is 10.6 Å². The lowest BCUT2D eigenvalue weighted by atomic mass is 10.1. The second-order valence-corrected chi connectivity index (χ2v) is 8.36. The number of amidine groups is 2. The van der Waals surface area contributed by atoms with Gasteiger partial charge in [0.1, 0.15) is 8.65 Å². The zero-order chi connectivity index (χ0) is 18.1. The molecule has 0 radical (unpaired) electrons. The van der Waals surface area contributed by atoms with Crippen LogP contribution in [0.5, 0.6) is 0 Å². The molecule has 132 valence electrons. The largest absolute Gasteiger partial charge is 0.335 e. The number of aromatic nitrogens is 1. The van der Waals surface area contributed by atoms with Crippen molar-refractivity contribution in [2.75, 3.05) is 6.54 Å². The van der Waals surface area contributed by atoms with Gasteiger partial charge in [-0.15, -0.1) is 0 Å². The van der Waals surface area contributed by atoms with Gasteiger partial charge in [0.15, 0.2) is 11.7 Å². The summed E-state index contributed by atoms with van der Waals surface area (Å²) in [5.41, 5.74) is 2.86. The number of rotatable bonds is 3. The van der Waals surface area contributed by atoms with Crippen LogP contribution < -0.4 is 5.32 Å². The Hall–Kier alpha value is -1.45. The average molecular weight is 543 g/mol. The van der Waals surface area contributed by atoms with E-state index in [1.54, 1.807) is 6.20 Å². The van der Waals surface area contributed by atoms with Crippen molar-refractivity contribution in [3.05, 3.63) is 69.5 Å². The number of pyridine rings is 1. The van der Waals surface area contributed by atoms with E-state index in [-0.39, 0.29) is 4.05 Å². The summed E-state index contributed by atoms with van der Waals surface area (Å²) < 4.78 is 1.14. The van der Waals surface area contributed by atoms with Crippen LogP contribution in [0.4, 0.5) is 0 Å². The lowest BCUT2D eigenvalue weighted by Crippen LogP contribution is -2.46. The number of halogens is 3. The third-order valence-electron chi connectivity index (χ3n) is 4.06. The molecule has 2 aromatic rings. The fourth-order valence-electron chi connectivity index (χ4n) is 2.82. The maximum atomic E-state index is 6.43. The molecule has 0 saturated carbocycles. The van der Waals surface area contributed by atoms with Crippen molar-refractivity contribution in [1.82, 2.24) is 15.2 Å². The van der Waals surface area contributed by atoms with Crippen molar-refractivity contribution in [2.24, 2.45) is 9.98 Å². The van der Waals surface area contributed by atoms with E-state index in [1.807, 2.05) is 42.6 Å². The predicted molar refractivity (Wildman–Crippen MR) is 118 cm³/mol. The molecule has 0 bridgehead atoms. The highest BCUT2D eigenvalue weighted by Crippen LogP contribution is 2.36. The molecule has 0 saturated heterocycles. The Morgan fingerprint density at radius 1 is 1.31 bits per heavy atom. The Morgan fingerprint density at radius 2 is 2.15 bits per heavy atom. The van der Waals surface area contributed by atoms with Crippen molar-refractivity contribution >= 4 is 67.5 Å². The topological polar surface area (TPSA) is 52.9 Å². The molecule has 2 aliphatic heterocycles. The Kier molecular flexibility index (Phi) is 5.28. The molecule has 3 heterocycles. The van der Waals surface area contributed by atoms with Crippen LogP contribution in [-0.2, 0) is 6.54 Å². The van der Waals surface area contributed by atoms with Gasteiger partial charge in [0.05, 0.1) is 18.8 Å². The highest BCUT2D eigenvalue weighted by molar-refractivity contribution is 14.1. The van der Waals surface area contributed by atoms with E-state index in [4.69, 9.17) is 16.6 Å². The lowest BCUT2D eigenvalue weighted by Gasteiger charge is -2.32. The highest BCUT2D eigenvalue weighted by atomic mass is 127. The van der Waals surface area contributed by atoms with E-state index in [0.29, 0.717) is 18.1 Å². The van der Waals surface area contributed by atoms with E-state index in [1.165, 1.54) is 0 Å². The summed E-state index contributed by atoms with van der Waals surface area (Å²) in [6, 6.07) is 11.7. The summed E-state index contributed by atoms with van der Waals surface area (Å²) >= 11 is 12.6. The van der Waals surface area contributed by atoms with E-state index in [9.17, 15) is 0 Å². The van der Waals surface area contributed by atoms with Gasteiger partial charge in [0, 0.05) is 23.0 Å². The molecule has 0 aliphatic carbocycles. The number of nitrogens with one attached hydrogen (secondary N) is 1. The van der Waals surface area contributed by atoms with Crippen LogP contribution in [0.2, 0.25) is 5.02 Å². The molecule has 1 unspecified atom stereocenters. The molecule has 1 aromatic heterocycles. The average Bonchev–Trinajstić information content (AvgIpc) is 3.05. The van der Waals surface area contributed by atoms with Crippen molar-refractivity contribution in [1.29, 1.82) is 0 Å². The SMILES string of the molecule is Clc1ccccc1C1=C(Br)N2C(=NCC2I)C(=NCc2cccnc2)N1. The van der Waals surface area contributed by atoms with E-state index >= 15 is 0 Å². The van der Waals surface area contributed by atoms with Gasteiger partial charge in [0.2, 0.25) is 0 Å². The van der Waals surface area contributed by atoms with Gasteiger partial charge in [-0.1, -0.05) is 58.5 Å². The number of aliphatic imine (C=N–C) groups is 2. The normalized spacial score (nSPS) is 20.9. The summed E-state index contributed by atoms with van der Waals surface area (Å²) in [4.78, 5) is 15.7. The maximum absolute atomic E-state index is 6.43. The Bertz CT molecular complexity index is 928. The van der Waals surface area contributed by atoms with Crippen molar-refractivity contribution in [3.63, 3.8) is 0 Å². The smallest absolute Gasteiger partial charge is 0.173 e. The van der Waals surface area contributed by atoms with Crippen LogP contribution in [0.3, 0.4) is 0 Å². The summed E-state index contributed by atoms with van der Waals surface area (Å²) in [6.45, 7) is 1.25. The minimum atomic E-state index is 0.222. The standard InChI is InChI=1S/C18H14BrClIN5/c19-16-15(12-5-1-2-6-13(12)20)25-17(18-24-10-14(21)26(16)18)23-9-11-4-3-7-22-8-11/h1-8,14H,9-10H2,(H,23,25). The van der Waals surface area contributed by atoms with Crippen LogP contribution >= 0.6 is 50.1 Å². The third kappa shape index (κ3) is 3.39. The Morgan fingerprint density at radius 3 is 2.92 bits per heavy atom. The number of fused-ring (bicyclic) bond motifs is 1. The summed E-state index contributed by atoms with van der Waals surface area (Å²) in [5.74, 6) is 1.59.